The molecule has 4 heteroatoms. The molecule has 2 atom stereocenters. The van der Waals surface area contributed by atoms with Crippen LogP contribution in [-0.4, -0.2) is 25.1 Å². The van der Waals surface area contributed by atoms with Gasteiger partial charge < -0.3 is 15.0 Å². The number of allylic oxidation sites excluding steroid dienone is 1. The highest BCUT2D eigenvalue weighted by Crippen LogP contribution is 2.42. The van der Waals surface area contributed by atoms with Crippen LogP contribution < -0.4 is 10.2 Å². The largest absolute Gasteiger partial charge is 0.472 e. The SMILES string of the molecule is CC(=O)C1=C(C)OC2C1Nc1c(C)cc(C)cc1N2C. The highest BCUT2D eigenvalue weighted by Gasteiger charge is 2.43. The van der Waals surface area contributed by atoms with Crippen molar-refractivity contribution in [2.75, 3.05) is 17.3 Å². The van der Waals surface area contributed by atoms with Gasteiger partial charge in [-0.1, -0.05) is 6.07 Å². The van der Waals surface area contributed by atoms with Gasteiger partial charge in [-0.3, -0.25) is 4.79 Å². The number of rotatable bonds is 1. The molecule has 2 aliphatic heterocycles. The Morgan fingerprint density at radius 1 is 1.30 bits per heavy atom. The first-order valence-electron chi connectivity index (χ1n) is 6.89. The molecule has 1 aromatic rings. The van der Waals surface area contributed by atoms with Gasteiger partial charge in [0.2, 0.25) is 0 Å². The van der Waals surface area contributed by atoms with Crippen molar-refractivity contribution in [3.63, 3.8) is 0 Å². The van der Waals surface area contributed by atoms with E-state index in [1.807, 2.05) is 14.0 Å². The molecule has 3 rings (SSSR count). The first-order valence-corrected chi connectivity index (χ1v) is 6.89. The van der Waals surface area contributed by atoms with Crippen molar-refractivity contribution in [1.82, 2.24) is 0 Å². The van der Waals surface area contributed by atoms with E-state index in [0.29, 0.717) is 0 Å². The summed E-state index contributed by atoms with van der Waals surface area (Å²) in [5, 5.41) is 3.50. The van der Waals surface area contributed by atoms with Crippen LogP contribution in [0.25, 0.3) is 0 Å². The molecular formula is C16H20N2O2. The van der Waals surface area contributed by atoms with Crippen LogP contribution in [0.2, 0.25) is 0 Å². The molecule has 106 valence electrons. The van der Waals surface area contributed by atoms with Gasteiger partial charge in [0.05, 0.1) is 16.9 Å². The number of carbonyl (C=O) groups is 1. The number of anilines is 2. The van der Waals surface area contributed by atoms with E-state index in [2.05, 4.69) is 36.2 Å². The number of likely N-dealkylation sites (N-methyl/N-ethyl adjacent to an activating group) is 1. The van der Waals surface area contributed by atoms with Gasteiger partial charge in [-0.15, -0.1) is 0 Å². The number of Topliss-reactive ketones (excluding diaryl/α,β-unsaturated/α-hetero) is 1. The Hall–Kier alpha value is -1.97. The van der Waals surface area contributed by atoms with Gasteiger partial charge in [0.25, 0.3) is 0 Å². The zero-order chi connectivity index (χ0) is 14.6. The van der Waals surface area contributed by atoms with E-state index >= 15 is 0 Å². The Balaban J connectivity index is 2.10. The van der Waals surface area contributed by atoms with Gasteiger partial charge in [-0.25, -0.2) is 0 Å². The molecule has 0 saturated heterocycles. The predicted octanol–water partition coefficient (Wildman–Crippen LogP) is 2.75. The first kappa shape index (κ1) is 13.0. The lowest BCUT2D eigenvalue weighted by atomic mass is 9.97. The van der Waals surface area contributed by atoms with Crippen LogP contribution in [0.3, 0.4) is 0 Å². The lowest BCUT2D eigenvalue weighted by Crippen LogP contribution is -2.49. The molecule has 2 unspecified atom stereocenters. The van der Waals surface area contributed by atoms with Gasteiger partial charge in [-0.05, 0) is 44.9 Å². The molecule has 2 aliphatic rings. The number of nitrogens with one attached hydrogen (secondary N) is 1. The van der Waals surface area contributed by atoms with Crippen molar-refractivity contribution >= 4 is 17.2 Å². The molecule has 0 spiro atoms. The number of ketones is 1. The number of aryl methyl sites for hydroxylation is 2. The number of benzene rings is 1. The van der Waals surface area contributed by atoms with Crippen molar-refractivity contribution in [2.24, 2.45) is 0 Å². The molecular weight excluding hydrogens is 252 g/mol. The molecule has 0 saturated carbocycles. The summed E-state index contributed by atoms with van der Waals surface area (Å²) in [7, 11) is 2.02. The maximum Gasteiger partial charge on any atom is 0.196 e. The fourth-order valence-corrected chi connectivity index (χ4v) is 3.29. The Morgan fingerprint density at radius 3 is 2.65 bits per heavy atom. The van der Waals surface area contributed by atoms with E-state index in [-0.39, 0.29) is 18.1 Å². The van der Waals surface area contributed by atoms with E-state index < -0.39 is 0 Å². The number of hydrogen-bond acceptors (Lipinski definition) is 4. The average Bonchev–Trinajstić information content (AvgIpc) is 2.68. The molecule has 0 aliphatic carbocycles. The fourth-order valence-electron chi connectivity index (χ4n) is 3.29. The highest BCUT2D eigenvalue weighted by atomic mass is 16.5. The van der Waals surface area contributed by atoms with Gasteiger partial charge in [0.15, 0.2) is 12.0 Å². The molecule has 2 heterocycles. The van der Waals surface area contributed by atoms with E-state index in [1.165, 1.54) is 11.1 Å². The maximum atomic E-state index is 11.9. The molecule has 20 heavy (non-hydrogen) atoms. The van der Waals surface area contributed by atoms with Crippen LogP contribution in [0.5, 0.6) is 0 Å². The summed E-state index contributed by atoms with van der Waals surface area (Å²) in [5.41, 5.74) is 5.39. The number of hydrogen-bond donors (Lipinski definition) is 1. The minimum absolute atomic E-state index is 0.0733. The Labute approximate surface area is 119 Å². The smallest absolute Gasteiger partial charge is 0.196 e. The van der Waals surface area contributed by atoms with Crippen LogP contribution in [0.15, 0.2) is 23.5 Å². The van der Waals surface area contributed by atoms with Gasteiger partial charge in [-0.2, -0.15) is 0 Å². The van der Waals surface area contributed by atoms with Crippen molar-refractivity contribution in [3.05, 3.63) is 34.6 Å². The van der Waals surface area contributed by atoms with Crippen LogP contribution in [0.1, 0.15) is 25.0 Å². The second-order valence-corrected chi connectivity index (χ2v) is 5.74. The summed E-state index contributed by atoms with van der Waals surface area (Å²) in [6, 6.07) is 4.21. The summed E-state index contributed by atoms with van der Waals surface area (Å²) < 4.78 is 5.91. The van der Waals surface area contributed by atoms with Crippen molar-refractivity contribution in [3.8, 4) is 0 Å². The zero-order valence-electron chi connectivity index (χ0n) is 12.6. The minimum atomic E-state index is -0.150. The highest BCUT2D eigenvalue weighted by molar-refractivity contribution is 5.97. The summed E-state index contributed by atoms with van der Waals surface area (Å²) in [6.45, 7) is 7.65. The standard InChI is InChI=1S/C16H20N2O2/c1-8-6-9(2)14-12(7-8)18(5)16-15(17-14)13(10(3)19)11(4)20-16/h6-7,15-17H,1-5H3. The average molecular weight is 272 g/mol. The van der Waals surface area contributed by atoms with Crippen LogP contribution in [-0.2, 0) is 9.53 Å². The monoisotopic (exact) mass is 272 g/mol. The van der Waals surface area contributed by atoms with Gasteiger partial charge in [0.1, 0.15) is 11.8 Å². The number of fused-ring (bicyclic) bond motifs is 2. The predicted molar refractivity (Wildman–Crippen MR) is 80.0 cm³/mol. The zero-order valence-corrected chi connectivity index (χ0v) is 12.6. The van der Waals surface area contributed by atoms with Gasteiger partial charge >= 0.3 is 0 Å². The van der Waals surface area contributed by atoms with E-state index in [9.17, 15) is 4.79 Å². The number of nitrogens with zero attached hydrogens (tertiary/aromatic N) is 1. The molecule has 0 radical (unpaired) electrons. The second-order valence-electron chi connectivity index (χ2n) is 5.74. The van der Waals surface area contributed by atoms with E-state index in [1.54, 1.807) is 6.92 Å². The molecule has 1 aromatic carbocycles. The summed E-state index contributed by atoms with van der Waals surface area (Å²) in [5.74, 6) is 0.804. The topological polar surface area (TPSA) is 41.6 Å². The maximum absolute atomic E-state index is 11.9. The van der Waals surface area contributed by atoms with Gasteiger partial charge in [0, 0.05) is 7.05 Å². The van der Waals surface area contributed by atoms with E-state index in [0.717, 1.165) is 22.7 Å². The van der Waals surface area contributed by atoms with Crippen LogP contribution in [0.4, 0.5) is 11.4 Å². The Kier molecular flexibility index (Phi) is 2.78. The third kappa shape index (κ3) is 1.71. The summed E-state index contributed by atoms with van der Waals surface area (Å²) >= 11 is 0. The third-order valence-corrected chi connectivity index (χ3v) is 4.17. The molecule has 0 bridgehead atoms. The lowest BCUT2D eigenvalue weighted by Gasteiger charge is -2.39. The lowest BCUT2D eigenvalue weighted by molar-refractivity contribution is -0.113. The number of carbonyl (C=O) groups excluding carboxylic acids is 1. The van der Waals surface area contributed by atoms with Crippen LogP contribution >= 0.6 is 0 Å². The van der Waals surface area contributed by atoms with Crippen molar-refractivity contribution in [2.45, 2.75) is 40.0 Å². The second kappa shape index (κ2) is 4.27. The molecule has 0 aromatic heterocycles. The Morgan fingerprint density at radius 2 is 2.00 bits per heavy atom. The molecule has 0 fully saturated rings. The molecule has 1 N–H and O–H groups in total. The van der Waals surface area contributed by atoms with Crippen molar-refractivity contribution < 1.29 is 9.53 Å². The Bertz CT molecular complexity index is 634. The molecule has 0 amide bonds. The third-order valence-electron chi connectivity index (χ3n) is 4.17. The number of ether oxygens (including phenoxy) is 1. The minimum Gasteiger partial charge on any atom is -0.472 e. The molecule has 4 nitrogen and oxygen atoms in total. The summed E-state index contributed by atoms with van der Waals surface area (Å²) in [6.07, 6.45) is -0.150. The summed E-state index contributed by atoms with van der Waals surface area (Å²) in [4.78, 5) is 14.0. The van der Waals surface area contributed by atoms with Crippen molar-refractivity contribution in [1.29, 1.82) is 0 Å². The fraction of sp³-hybridized carbons (Fsp3) is 0.438. The normalized spacial score (nSPS) is 23.9. The first-order chi connectivity index (χ1) is 9.40. The quantitative estimate of drug-likeness (QED) is 0.853. The van der Waals surface area contributed by atoms with Crippen LogP contribution in [0, 0.1) is 13.8 Å². The van der Waals surface area contributed by atoms with E-state index in [4.69, 9.17) is 4.74 Å².